The predicted molar refractivity (Wildman–Crippen MR) is 104 cm³/mol. The van der Waals surface area contributed by atoms with Crippen LogP contribution in [0.4, 0.5) is 0 Å². The minimum Gasteiger partial charge on any atom is -0.486 e. The summed E-state index contributed by atoms with van der Waals surface area (Å²) in [6.07, 6.45) is 4.03. The van der Waals surface area contributed by atoms with E-state index in [-0.39, 0.29) is 11.4 Å². The number of benzene rings is 1. The van der Waals surface area contributed by atoms with Crippen LogP contribution in [0.5, 0.6) is 11.5 Å². The largest absolute Gasteiger partial charge is 0.486 e. The second kappa shape index (κ2) is 6.93. The van der Waals surface area contributed by atoms with Gasteiger partial charge in [-0.05, 0) is 43.9 Å². The quantitative estimate of drug-likeness (QED) is 0.736. The molecule has 0 unspecified atom stereocenters. The zero-order valence-electron chi connectivity index (χ0n) is 16.3. The minimum atomic E-state index is -3.71. The second-order valence-corrected chi connectivity index (χ2v) is 9.57. The van der Waals surface area contributed by atoms with Gasteiger partial charge < -0.3 is 14.2 Å². The summed E-state index contributed by atoms with van der Waals surface area (Å²) < 4.78 is 45.6. The lowest BCUT2D eigenvalue weighted by atomic mass is 9.85. The second-order valence-electron chi connectivity index (χ2n) is 7.63. The third-order valence-corrected chi connectivity index (χ3v) is 7.58. The molecule has 5 rings (SSSR count). The first-order valence-corrected chi connectivity index (χ1v) is 11.3. The molecule has 0 bridgehead atoms. The molecule has 8 nitrogen and oxygen atoms in total. The fraction of sp³-hybridized carbons (Fsp3) is 0.500. The van der Waals surface area contributed by atoms with Gasteiger partial charge in [0.1, 0.15) is 24.6 Å². The lowest BCUT2D eigenvalue weighted by Crippen LogP contribution is -2.52. The van der Waals surface area contributed by atoms with Gasteiger partial charge in [-0.3, -0.25) is 0 Å². The van der Waals surface area contributed by atoms with Crippen LogP contribution in [0.2, 0.25) is 0 Å². The zero-order valence-corrected chi connectivity index (χ0v) is 17.1. The van der Waals surface area contributed by atoms with Crippen molar-refractivity contribution in [3.8, 4) is 11.5 Å². The van der Waals surface area contributed by atoms with Crippen molar-refractivity contribution in [3.63, 3.8) is 0 Å². The molecule has 9 heteroatoms. The van der Waals surface area contributed by atoms with Crippen LogP contribution in [0.15, 0.2) is 29.3 Å². The van der Waals surface area contributed by atoms with Crippen molar-refractivity contribution in [2.45, 2.75) is 36.7 Å². The summed E-state index contributed by atoms with van der Waals surface area (Å²) in [6.45, 7) is 3.94. The van der Waals surface area contributed by atoms with Gasteiger partial charge in [-0.25, -0.2) is 18.4 Å². The van der Waals surface area contributed by atoms with Gasteiger partial charge >= 0.3 is 0 Å². The fourth-order valence-corrected chi connectivity index (χ4v) is 5.87. The van der Waals surface area contributed by atoms with Gasteiger partial charge in [0.15, 0.2) is 11.5 Å². The maximum atomic E-state index is 13.4. The number of piperidine rings is 1. The summed E-state index contributed by atoms with van der Waals surface area (Å²) in [4.78, 5) is 9.15. The Morgan fingerprint density at radius 2 is 1.97 bits per heavy atom. The summed E-state index contributed by atoms with van der Waals surface area (Å²) in [5, 5.41) is 0. The number of aryl methyl sites for hydroxylation is 1. The Morgan fingerprint density at radius 1 is 1.14 bits per heavy atom. The summed E-state index contributed by atoms with van der Waals surface area (Å²) in [5.41, 5.74) is 1.15. The van der Waals surface area contributed by atoms with E-state index < -0.39 is 15.6 Å². The van der Waals surface area contributed by atoms with Gasteiger partial charge in [0, 0.05) is 25.4 Å². The molecule has 1 atom stereocenters. The van der Waals surface area contributed by atoms with Gasteiger partial charge in [-0.1, -0.05) is 0 Å². The van der Waals surface area contributed by atoms with E-state index in [0.29, 0.717) is 50.1 Å². The molecule has 0 N–H and O–H groups in total. The summed E-state index contributed by atoms with van der Waals surface area (Å²) in [7, 11) is -3.71. The first-order valence-electron chi connectivity index (χ1n) is 9.85. The lowest BCUT2D eigenvalue weighted by Gasteiger charge is -2.44. The van der Waals surface area contributed by atoms with Gasteiger partial charge in [0.25, 0.3) is 0 Å². The zero-order chi connectivity index (χ0) is 20.1. The Hall–Kier alpha value is -2.23. The number of sulfonamides is 1. The van der Waals surface area contributed by atoms with Crippen molar-refractivity contribution >= 4 is 10.0 Å². The smallest absolute Gasteiger partial charge is 0.243 e. The maximum absolute atomic E-state index is 13.4. The molecule has 0 amide bonds. The van der Waals surface area contributed by atoms with E-state index >= 15 is 0 Å². The molecule has 1 fully saturated rings. The average Bonchev–Trinajstić information content (AvgIpc) is 2.74. The molecule has 3 aliphatic rings. The van der Waals surface area contributed by atoms with Gasteiger partial charge in [0.2, 0.25) is 10.0 Å². The molecule has 1 saturated heterocycles. The Kier molecular flexibility index (Phi) is 4.49. The third-order valence-electron chi connectivity index (χ3n) is 5.74. The molecule has 0 saturated carbocycles. The topological polar surface area (TPSA) is 90.9 Å². The molecule has 1 spiro atoms. The minimum absolute atomic E-state index is 0.203. The third kappa shape index (κ3) is 3.17. The van der Waals surface area contributed by atoms with Crippen molar-refractivity contribution < 1.29 is 22.6 Å². The number of hydrogen-bond acceptors (Lipinski definition) is 7. The van der Waals surface area contributed by atoms with Gasteiger partial charge in [-0.2, -0.15) is 4.31 Å². The van der Waals surface area contributed by atoms with E-state index in [0.717, 1.165) is 24.1 Å². The number of nitrogens with zero attached hydrogens (tertiary/aromatic N) is 3. The van der Waals surface area contributed by atoms with E-state index in [1.807, 2.05) is 13.1 Å². The van der Waals surface area contributed by atoms with E-state index in [4.69, 9.17) is 14.2 Å². The number of fused-ring (bicyclic) bond motifs is 3. The number of rotatable bonds is 2. The molecule has 0 radical (unpaired) electrons. The maximum Gasteiger partial charge on any atom is 0.243 e. The van der Waals surface area contributed by atoms with Crippen molar-refractivity contribution in [1.29, 1.82) is 0 Å². The van der Waals surface area contributed by atoms with E-state index in [2.05, 4.69) is 9.97 Å². The summed E-state index contributed by atoms with van der Waals surface area (Å²) in [6, 6.07) is 4.78. The van der Waals surface area contributed by atoms with Crippen molar-refractivity contribution in [3.05, 3.63) is 41.5 Å². The predicted octanol–water partition coefficient (Wildman–Crippen LogP) is 1.81. The summed E-state index contributed by atoms with van der Waals surface area (Å²) >= 11 is 0. The van der Waals surface area contributed by atoms with Gasteiger partial charge in [0.05, 0.1) is 17.2 Å². The molecule has 4 heterocycles. The highest BCUT2D eigenvalue weighted by Crippen LogP contribution is 2.41. The number of aromatic nitrogens is 2. The van der Waals surface area contributed by atoms with Crippen molar-refractivity contribution in [2.24, 2.45) is 0 Å². The lowest BCUT2D eigenvalue weighted by molar-refractivity contribution is -0.0935. The SMILES string of the molecule is Cc1ncc2c(n1)[C@@]1(CCCN(S(=O)(=O)c3ccc4c(c3)OCCO4)C1)OCC2. The van der Waals surface area contributed by atoms with Crippen LogP contribution in [0, 0.1) is 6.92 Å². The monoisotopic (exact) mass is 417 g/mol. The molecule has 1 aromatic heterocycles. The summed E-state index contributed by atoms with van der Waals surface area (Å²) in [5.74, 6) is 1.70. The van der Waals surface area contributed by atoms with Crippen LogP contribution in [-0.4, -0.2) is 55.6 Å². The van der Waals surface area contributed by atoms with Crippen LogP contribution in [-0.2, 0) is 26.8 Å². The molecule has 0 aliphatic carbocycles. The molecule has 1 aromatic carbocycles. The Balaban J connectivity index is 1.49. The fourth-order valence-electron chi connectivity index (χ4n) is 4.33. The number of ether oxygens (including phenoxy) is 3. The molecule has 2 aromatic rings. The standard InChI is InChI=1S/C20H23N3O5S/c1-14-21-12-15-5-8-28-20(19(15)22-14)6-2-7-23(13-20)29(24,25)16-3-4-17-18(11-16)27-10-9-26-17/h3-4,11-12H,2,5-10,13H2,1H3/t20-/m0/s1. The van der Waals surface area contributed by atoms with Crippen LogP contribution < -0.4 is 9.47 Å². The first kappa shape index (κ1) is 18.8. The highest BCUT2D eigenvalue weighted by Gasteiger charge is 2.46. The van der Waals surface area contributed by atoms with Gasteiger partial charge in [-0.15, -0.1) is 0 Å². The van der Waals surface area contributed by atoms with E-state index in [9.17, 15) is 8.42 Å². The Labute approximate surface area is 169 Å². The van der Waals surface area contributed by atoms with Crippen LogP contribution in [0.1, 0.15) is 29.9 Å². The Bertz CT molecular complexity index is 1060. The molecular weight excluding hydrogens is 394 g/mol. The molecular formula is C20H23N3O5S. The first-order chi connectivity index (χ1) is 14.0. The number of hydrogen-bond donors (Lipinski definition) is 0. The van der Waals surface area contributed by atoms with Crippen LogP contribution >= 0.6 is 0 Å². The Morgan fingerprint density at radius 3 is 2.83 bits per heavy atom. The normalized spacial score (nSPS) is 24.3. The van der Waals surface area contributed by atoms with Crippen molar-refractivity contribution in [1.82, 2.24) is 14.3 Å². The molecule has 29 heavy (non-hydrogen) atoms. The molecule has 154 valence electrons. The van der Waals surface area contributed by atoms with Crippen LogP contribution in [0.3, 0.4) is 0 Å². The van der Waals surface area contributed by atoms with E-state index in [1.54, 1.807) is 18.2 Å². The highest BCUT2D eigenvalue weighted by atomic mass is 32.2. The van der Waals surface area contributed by atoms with Crippen LogP contribution in [0.25, 0.3) is 0 Å². The molecule has 3 aliphatic heterocycles. The average molecular weight is 417 g/mol. The van der Waals surface area contributed by atoms with E-state index in [1.165, 1.54) is 4.31 Å². The van der Waals surface area contributed by atoms with Crippen molar-refractivity contribution in [2.75, 3.05) is 32.9 Å². The highest BCUT2D eigenvalue weighted by molar-refractivity contribution is 7.89.